The van der Waals surface area contributed by atoms with Crippen LogP contribution in [-0.4, -0.2) is 35.4 Å². The van der Waals surface area contributed by atoms with Gasteiger partial charge in [0.05, 0.1) is 13.2 Å². The molecule has 21 heavy (non-hydrogen) atoms. The monoisotopic (exact) mass is 296 g/mol. The molecule has 6 nitrogen and oxygen atoms in total. The zero-order valence-electron chi connectivity index (χ0n) is 12.2. The minimum atomic E-state index is -1.65. The Kier molecular flexibility index (Phi) is 6.68. The van der Waals surface area contributed by atoms with Gasteiger partial charge < -0.3 is 19.7 Å². The Morgan fingerprint density at radius 3 is 2.52 bits per heavy atom. The molecule has 1 atom stereocenters. The maximum Gasteiger partial charge on any atom is 0.337 e. The van der Waals surface area contributed by atoms with Gasteiger partial charge in [0, 0.05) is 6.42 Å². The van der Waals surface area contributed by atoms with Crippen molar-refractivity contribution in [3.8, 4) is 5.75 Å². The second-order valence-electron chi connectivity index (χ2n) is 4.34. The predicted octanol–water partition coefficient (Wildman–Crippen LogP) is 1.70. The van der Waals surface area contributed by atoms with E-state index in [0.29, 0.717) is 30.9 Å². The molecule has 0 saturated heterocycles. The summed E-state index contributed by atoms with van der Waals surface area (Å²) < 4.78 is 10.1. The Hall–Kier alpha value is -2.08. The van der Waals surface area contributed by atoms with Gasteiger partial charge in [0.15, 0.2) is 6.10 Å². The van der Waals surface area contributed by atoms with Crippen LogP contribution in [0.1, 0.15) is 37.5 Å². The quantitative estimate of drug-likeness (QED) is 0.709. The summed E-state index contributed by atoms with van der Waals surface area (Å²) in [6.45, 7) is 4.26. The minimum absolute atomic E-state index is 0.126. The van der Waals surface area contributed by atoms with E-state index in [1.165, 1.54) is 6.07 Å². The Morgan fingerprint density at radius 1 is 1.24 bits per heavy atom. The highest BCUT2D eigenvalue weighted by molar-refractivity contribution is 5.75. The third-order valence-corrected chi connectivity index (χ3v) is 2.86. The van der Waals surface area contributed by atoms with Crippen LogP contribution in [0.2, 0.25) is 0 Å². The topological polar surface area (TPSA) is 93.1 Å². The average Bonchev–Trinajstić information content (AvgIpc) is 2.45. The van der Waals surface area contributed by atoms with Crippen molar-refractivity contribution in [3.05, 3.63) is 29.3 Å². The van der Waals surface area contributed by atoms with Gasteiger partial charge in [-0.2, -0.15) is 0 Å². The molecule has 0 saturated carbocycles. The lowest BCUT2D eigenvalue weighted by molar-refractivity contribution is -0.147. The molecule has 0 amide bonds. The largest absolute Gasteiger partial charge is 0.494 e. The summed E-state index contributed by atoms with van der Waals surface area (Å²) >= 11 is 0. The number of aliphatic hydroxyl groups is 1. The highest BCUT2D eigenvalue weighted by Crippen LogP contribution is 2.25. The first-order chi connectivity index (χ1) is 9.99. The number of hydrogen-bond donors (Lipinski definition) is 2. The number of benzene rings is 1. The maximum absolute atomic E-state index is 11.4. The SMILES string of the molecule is CCOC(=O)CCc1ccc(OCC)cc1C(O)C(=O)O. The van der Waals surface area contributed by atoms with Gasteiger partial charge >= 0.3 is 11.9 Å². The molecule has 116 valence electrons. The van der Waals surface area contributed by atoms with Crippen LogP contribution in [-0.2, 0) is 20.7 Å². The van der Waals surface area contributed by atoms with Crippen molar-refractivity contribution in [1.29, 1.82) is 0 Å². The number of aliphatic hydroxyl groups excluding tert-OH is 1. The number of carboxylic acids is 1. The van der Waals surface area contributed by atoms with Gasteiger partial charge in [0.2, 0.25) is 0 Å². The van der Waals surface area contributed by atoms with E-state index < -0.39 is 12.1 Å². The molecule has 0 bridgehead atoms. The van der Waals surface area contributed by atoms with Gasteiger partial charge in [-0.3, -0.25) is 4.79 Å². The summed E-state index contributed by atoms with van der Waals surface area (Å²) in [7, 11) is 0. The van der Waals surface area contributed by atoms with Crippen molar-refractivity contribution in [2.75, 3.05) is 13.2 Å². The van der Waals surface area contributed by atoms with Gasteiger partial charge in [-0.25, -0.2) is 4.79 Å². The van der Waals surface area contributed by atoms with E-state index >= 15 is 0 Å². The van der Waals surface area contributed by atoms with Crippen LogP contribution < -0.4 is 4.74 Å². The van der Waals surface area contributed by atoms with Gasteiger partial charge in [-0.05, 0) is 43.5 Å². The Morgan fingerprint density at radius 2 is 1.95 bits per heavy atom. The van der Waals surface area contributed by atoms with Gasteiger partial charge in [0.25, 0.3) is 0 Å². The van der Waals surface area contributed by atoms with Crippen LogP contribution in [0.25, 0.3) is 0 Å². The zero-order valence-corrected chi connectivity index (χ0v) is 12.2. The van der Waals surface area contributed by atoms with Crippen LogP contribution in [0.4, 0.5) is 0 Å². The molecule has 0 aliphatic carbocycles. The third-order valence-electron chi connectivity index (χ3n) is 2.86. The number of aryl methyl sites for hydroxylation is 1. The number of hydrogen-bond acceptors (Lipinski definition) is 5. The summed E-state index contributed by atoms with van der Waals surface area (Å²) in [6, 6.07) is 4.83. The lowest BCUT2D eigenvalue weighted by Crippen LogP contribution is -2.14. The average molecular weight is 296 g/mol. The number of carboxylic acid groups (broad SMARTS) is 1. The first-order valence-electron chi connectivity index (χ1n) is 6.81. The molecular formula is C15H20O6. The normalized spacial score (nSPS) is 11.8. The van der Waals surface area contributed by atoms with E-state index in [1.807, 2.05) is 6.92 Å². The standard InChI is InChI=1S/C15H20O6/c1-3-20-11-7-5-10(6-8-13(16)21-4-2)12(9-11)14(17)15(18)19/h5,7,9,14,17H,3-4,6,8H2,1-2H3,(H,18,19). The van der Waals surface area contributed by atoms with Crippen LogP contribution in [0, 0.1) is 0 Å². The molecule has 0 aliphatic rings. The summed E-state index contributed by atoms with van der Waals surface area (Å²) in [5, 5.41) is 18.7. The lowest BCUT2D eigenvalue weighted by Gasteiger charge is -2.14. The van der Waals surface area contributed by atoms with Crippen molar-refractivity contribution in [2.24, 2.45) is 0 Å². The molecule has 0 spiro atoms. The number of esters is 1. The van der Waals surface area contributed by atoms with E-state index in [2.05, 4.69) is 0 Å². The molecule has 0 aromatic heterocycles. The molecule has 0 heterocycles. The van der Waals surface area contributed by atoms with E-state index in [1.54, 1.807) is 19.1 Å². The molecule has 1 rings (SSSR count). The van der Waals surface area contributed by atoms with Crippen LogP contribution >= 0.6 is 0 Å². The van der Waals surface area contributed by atoms with Crippen LogP contribution in [0.3, 0.4) is 0 Å². The molecule has 2 N–H and O–H groups in total. The molecule has 1 aromatic rings. The molecule has 0 radical (unpaired) electrons. The molecule has 0 aliphatic heterocycles. The summed E-state index contributed by atoms with van der Waals surface area (Å²) in [5.41, 5.74) is 0.819. The Balaban J connectivity index is 2.95. The fourth-order valence-corrected chi connectivity index (χ4v) is 1.91. The van der Waals surface area contributed by atoms with Crippen molar-refractivity contribution in [3.63, 3.8) is 0 Å². The number of rotatable bonds is 8. The fraction of sp³-hybridized carbons (Fsp3) is 0.467. The van der Waals surface area contributed by atoms with Crippen molar-refractivity contribution in [2.45, 2.75) is 32.8 Å². The number of ether oxygens (including phenoxy) is 2. The predicted molar refractivity (Wildman–Crippen MR) is 75.2 cm³/mol. The second-order valence-corrected chi connectivity index (χ2v) is 4.34. The second kappa shape index (κ2) is 8.26. The van der Waals surface area contributed by atoms with Crippen LogP contribution in [0.5, 0.6) is 5.75 Å². The zero-order chi connectivity index (χ0) is 15.8. The van der Waals surface area contributed by atoms with E-state index in [9.17, 15) is 14.7 Å². The van der Waals surface area contributed by atoms with Crippen molar-refractivity contribution < 1.29 is 29.3 Å². The fourth-order valence-electron chi connectivity index (χ4n) is 1.91. The lowest BCUT2D eigenvalue weighted by atomic mass is 9.98. The number of carbonyl (C=O) groups is 2. The summed E-state index contributed by atoms with van der Waals surface area (Å²) in [5.74, 6) is -1.23. The van der Waals surface area contributed by atoms with E-state index in [4.69, 9.17) is 14.6 Å². The van der Waals surface area contributed by atoms with Crippen molar-refractivity contribution in [1.82, 2.24) is 0 Å². The molecule has 6 heteroatoms. The summed E-state index contributed by atoms with van der Waals surface area (Å²) in [6.07, 6.45) is -1.23. The number of aliphatic carboxylic acids is 1. The minimum Gasteiger partial charge on any atom is -0.494 e. The van der Waals surface area contributed by atoms with Gasteiger partial charge in [0.1, 0.15) is 5.75 Å². The van der Waals surface area contributed by atoms with Gasteiger partial charge in [-0.1, -0.05) is 6.07 Å². The molecular weight excluding hydrogens is 276 g/mol. The third kappa shape index (κ3) is 5.07. The first-order valence-corrected chi connectivity index (χ1v) is 6.81. The van der Waals surface area contributed by atoms with Crippen molar-refractivity contribution >= 4 is 11.9 Å². The summed E-state index contributed by atoms with van der Waals surface area (Å²) in [4.78, 5) is 22.4. The van der Waals surface area contributed by atoms with Gasteiger partial charge in [-0.15, -0.1) is 0 Å². The first kappa shape index (κ1) is 17.0. The highest BCUT2D eigenvalue weighted by atomic mass is 16.5. The Bertz CT molecular complexity index is 497. The van der Waals surface area contributed by atoms with E-state index in [-0.39, 0.29) is 18.0 Å². The van der Waals surface area contributed by atoms with Crippen LogP contribution in [0.15, 0.2) is 18.2 Å². The smallest absolute Gasteiger partial charge is 0.337 e. The maximum atomic E-state index is 11.4. The molecule has 0 fully saturated rings. The number of carbonyl (C=O) groups excluding carboxylic acids is 1. The molecule has 1 aromatic carbocycles. The van der Waals surface area contributed by atoms with E-state index in [0.717, 1.165) is 0 Å². The molecule has 1 unspecified atom stereocenters. The Labute approximate surface area is 123 Å². The highest BCUT2D eigenvalue weighted by Gasteiger charge is 2.20.